The fourth-order valence-corrected chi connectivity index (χ4v) is 4.93. The van der Waals surface area contributed by atoms with Gasteiger partial charge in [0.1, 0.15) is 5.75 Å². The lowest BCUT2D eigenvalue weighted by molar-refractivity contribution is 0.351. The number of hydrogen-bond donors (Lipinski definition) is 1. The number of nitrogens with one attached hydrogen (secondary N) is 1. The Bertz CT molecular complexity index is 1110. The molecule has 1 saturated heterocycles. The molecule has 1 N–H and O–H groups in total. The van der Waals surface area contributed by atoms with Gasteiger partial charge >= 0.3 is 0 Å². The van der Waals surface area contributed by atoms with Gasteiger partial charge in [-0.05, 0) is 79.4 Å². The second-order valence-electron chi connectivity index (χ2n) is 9.01. The highest BCUT2D eigenvalue weighted by Crippen LogP contribution is 2.37. The van der Waals surface area contributed by atoms with Crippen molar-refractivity contribution in [2.75, 3.05) is 39.3 Å². The summed E-state index contributed by atoms with van der Waals surface area (Å²) >= 11 is 0. The third-order valence-corrected chi connectivity index (χ3v) is 6.69. The van der Waals surface area contributed by atoms with Gasteiger partial charge in [0.05, 0.1) is 21.3 Å². The molecule has 1 aliphatic rings. The van der Waals surface area contributed by atoms with Gasteiger partial charge in [-0.2, -0.15) is 0 Å². The fraction of sp³-hybridized carbons (Fsp3) is 0.414. The number of hydrogen-bond acceptors (Lipinski definition) is 6. The van der Waals surface area contributed by atoms with E-state index in [0.717, 1.165) is 79.3 Å². The van der Waals surface area contributed by atoms with Crippen molar-refractivity contribution >= 4 is 5.69 Å². The van der Waals surface area contributed by atoms with Crippen molar-refractivity contribution in [1.29, 1.82) is 0 Å². The van der Waals surface area contributed by atoms with Crippen molar-refractivity contribution in [3.8, 4) is 28.4 Å². The van der Waals surface area contributed by atoms with Gasteiger partial charge in [-0.3, -0.25) is 4.98 Å². The van der Waals surface area contributed by atoms with Gasteiger partial charge in [0.2, 0.25) is 0 Å². The molecule has 0 radical (unpaired) electrons. The Morgan fingerprint density at radius 2 is 1.77 bits per heavy atom. The summed E-state index contributed by atoms with van der Waals surface area (Å²) in [5.74, 6) is 2.45. The van der Waals surface area contributed by atoms with E-state index in [4.69, 9.17) is 14.2 Å². The highest BCUT2D eigenvalue weighted by atomic mass is 16.5. The van der Waals surface area contributed by atoms with Crippen LogP contribution in [-0.2, 0) is 13.0 Å². The van der Waals surface area contributed by atoms with Crippen LogP contribution in [0.25, 0.3) is 11.1 Å². The maximum atomic E-state index is 5.67. The van der Waals surface area contributed by atoms with Crippen LogP contribution in [0.3, 0.4) is 0 Å². The van der Waals surface area contributed by atoms with E-state index in [2.05, 4.69) is 52.5 Å². The number of piperidine rings is 1. The minimum absolute atomic E-state index is 0.462. The molecule has 6 nitrogen and oxygen atoms in total. The van der Waals surface area contributed by atoms with E-state index in [1.54, 1.807) is 21.3 Å². The predicted molar refractivity (Wildman–Crippen MR) is 142 cm³/mol. The monoisotopic (exact) mass is 475 g/mol. The first-order valence-electron chi connectivity index (χ1n) is 12.5. The Morgan fingerprint density at radius 1 is 0.943 bits per heavy atom. The largest absolute Gasteiger partial charge is 0.497 e. The summed E-state index contributed by atoms with van der Waals surface area (Å²) in [4.78, 5) is 7.13. The van der Waals surface area contributed by atoms with E-state index in [-0.39, 0.29) is 0 Å². The summed E-state index contributed by atoms with van der Waals surface area (Å²) in [6.45, 7) is 5.03. The second kappa shape index (κ2) is 11.9. The van der Waals surface area contributed by atoms with Gasteiger partial charge in [0.25, 0.3) is 0 Å². The SMILES string of the molecule is CCCc1cc(-c2cncc(CN(c3cccc(OC)c3)C3CCNCC3)c2)cc(OC)c1OC. The van der Waals surface area contributed by atoms with Crippen LogP contribution in [-0.4, -0.2) is 45.4 Å². The van der Waals surface area contributed by atoms with Crippen LogP contribution >= 0.6 is 0 Å². The summed E-state index contributed by atoms with van der Waals surface area (Å²) in [6, 6.07) is 15.3. The molecule has 0 spiro atoms. The number of benzene rings is 2. The standard InChI is InChI=1S/C29H37N3O3/c1-5-7-22-15-23(16-28(34-3)29(22)35-4)24-14-21(18-31-19-24)20-32(25-10-12-30-13-11-25)26-8-6-9-27(17-26)33-2/h6,8-9,14-19,25,30H,5,7,10-13,20H2,1-4H3. The predicted octanol–water partition coefficient (Wildman–Crippen LogP) is 5.49. The van der Waals surface area contributed by atoms with Crippen LogP contribution in [0.2, 0.25) is 0 Å². The third-order valence-electron chi connectivity index (χ3n) is 6.69. The number of ether oxygens (including phenoxy) is 3. The molecular weight excluding hydrogens is 438 g/mol. The summed E-state index contributed by atoms with van der Waals surface area (Å²) in [5, 5.41) is 3.49. The Hall–Kier alpha value is -3.25. The van der Waals surface area contributed by atoms with Crippen LogP contribution in [0.5, 0.6) is 17.2 Å². The molecule has 35 heavy (non-hydrogen) atoms. The van der Waals surface area contributed by atoms with E-state index in [0.29, 0.717) is 6.04 Å². The van der Waals surface area contributed by atoms with E-state index >= 15 is 0 Å². The van der Waals surface area contributed by atoms with Gasteiger partial charge < -0.3 is 24.4 Å². The third kappa shape index (κ3) is 5.88. The smallest absolute Gasteiger partial charge is 0.163 e. The lowest BCUT2D eigenvalue weighted by Crippen LogP contribution is -2.43. The van der Waals surface area contributed by atoms with Crippen molar-refractivity contribution in [3.63, 3.8) is 0 Å². The zero-order valence-corrected chi connectivity index (χ0v) is 21.3. The summed E-state index contributed by atoms with van der Waals surface area (Å²) in [6.07, 6.45) is 8.10. The Labute approximate surface area is 209 Å². The topological polar surface area (TPSA) is 55.9 Å². The van der Waals surface area contributed by atoms with E-state index in [1.807, 2.05) is 24.5 Å². The zero-order valence-electron chi connectivity index (χ0n) is 21.3. The van der Waals surface area contributed by atoms with Crippen molar-refractivity contribution in [1.82, 2.24) is 10.3 Å². The van der Waals surface area contributed by atoms with Crippen molar-refractivity contribution < 1.29 is 14.2 Å². The molecule has 6 heteroatoms. The number of rotatable bonds is 10. The number of nitrogens with zero attached hydrogens (tertiary/aromatic N) is 2. The van der Waals surface area contributed by atoms with Gasteiger partial charge in [-0.1, -0.05) is 19.4 Å². The number of aromatic nitrogens is 1. The molecule has 2 heterocycles. The van der Waals surface area contributed by atoms with E-state index in [9.17, 15) is 0 Å². The fourth-order valence-electron chi connectivity index (χ4n) is 4.93. The molecule has 186 valence electrons. The molecule has 1 aliphatic heterocycles. The average Bonchev–Trinajstić information content (AvgIpc) is 2.92. The van der Waals surface area contributed by atoms with E-state index < -0.39 is 0 Å². The lowest BCUT2D eigenvalue weighted by Gasteiger charge is -2.36. The van der Waals surface area contributed by atoms with Crippen molar-refractivity contribution in [2.24, 2.45) is 0 Å². The molecule has 2 aromatic carbocycles. The molecule has 0 unspecified atom stereocenters. The highest BCUT2D eigenvalue weighted by Gasteiger charge is 2.22. The summed E-state index contributed by atoms with van der Waals surface area (Å²) in [5.41, 5.74) is 5.68. The summed E-state index contributed by atoms with van der Waals surface area (Å²) in [7, 11) is 5.11. The minimum Gasteiger partial charge on any atom is -0.497 e. The molecule has 1 aromatic heterocycles. The molecule has 0 bridgehead atoms. The second-order valence-corrected chi connectivity index (χ2v) is 9.01. The van der Waals surface area contributed by atoms with Crippen molar-refractivity contribution in [2.45, 2.75) is 45.2 Å². The summed E-state index contributed by atoms with van der Waals surface area (Å²) < 4.78 is 16.8. The van der Waals surface area contributed by atoms with Crippen LogP contribution in [0.15, 0.2) is 54.9 Å². The normalized spacial score (nSPS) is 13.9. The number of anilines is 1. The lowest BCUT2D eigenvalue weighted by atomic mass is 9.99. The molecule has 4 rings (SSSR count). The van der Waals surface area contributed by atoms with Crippen LogP contribution in [0, 0.1) is 0 Å². The zero-order chi connectivity index (χ0) is 24.6. The minimum atomic E-state index is 0.462. The van der Waals surface area contributed by atoms with Gasteiger partial charge in [0.15, 0.2) is 11.5 Å². The maximum Gasteiger partial charge on any atom is 0.163 e. The Balaban J connectivity index is 1.68. The average molecular weight is 476 g/mol. The van der Waals surface area contributed by atoms with Crippen LogP contribution < -0.4 is 24.4 Å². The first-order valence-corrected chi connectivity index (χ1v) is 12.5. The van der Waals surface area contributed by atoms with Gasteiger partial charge in [-0.25, -0.2) is 0 Å². The van der Waals surface area contributed by atoms with Crippen LogP contribution in [0.1, 0.15) is 37.3 Å². The molecule has 1 fully saturated rings. The number of aryl methyl sites for hydroxylation is 1. The molecular formula is C29H37N3O3. The Morgan fingerprint density at radius 3 is 2.49 bits per heavy atom. The highest BCUT2D eigenvalue weighted by molar-refractivity contribution is 5.69. The molecule has 0 aliphatic carbocycles. The van der Waals surface area contributed by atoms with Crippen LogP contribution in [0.4, 0.5) is 5.69 Å². The molecule has 0 atom stereocenters. The molecule has 0 amide bonds. The maximum absolute atomic E-state index is 5.67. The first kappa shape index (κ1) is 24.9. The quantitative estimate of drug-likeness (QED) is 0.419. The first-order chi connectivity index (χ1) is 17.2. The molecule has 3 aromatic rings. The Kier molecular flexibility index (Phi) is 8.48. The van der Waals surface area contributed by atoms with E-state index in [1.165, 1.54) is 11.3 Å². The number of methoxy groups -OCH3 is 3. The van der Waals surface area contributed by atoms with Gasteiger partial charge in [-0.15, -0.1) is 0 Å². The number of pyridine rings is 1. The van der Waals surface area contributed by atoms with Gasteiger partial charge in [0, 0.05) is 42.3 Å². The van der Waals surface area contributed by atoms with Crippen molar-refractivity contribution in [3.05, 3.63) is 66.0 Å². The molecule has 0 saturated carbocycles.